The molecule has 19 heavy (non-hydrogen) atoms. The van der Waals surface area contributed by atoms with Gasteiger partial charge in [0.15, 0.2) is 5.96 Å². The Morgan fingerprint density at radius 3 is 2.95 bits per heavy atom. The lowest BCUT2D eigenvalue weighted by Crippen LogP contribution is -2.38. The van der Waals surface area contributed by atoms with Crippen molar-refractivity contribution < 1.29 is 4.42 Å². The number of furan rings is 1. The molecule has 2 aromatic rings. The van der Waals surface area contributed by atoms with E-state index < -0.39 is 0 Å². The number of aromatic nitrogens is 2. The molecule has 0 fully saturated rings. The Balaban J connectivity index is 1.73. The summed E-state index contributed by atoms with van der Waals surface area (Å²) in [6, 6.07) is 5.83. The Morgan fingerprint density at radius 1 is 1.42 bits per heavy atom. The third-order valence-electron chi connectivity index (χ3n) is 2.83. The molecule has 0 aliphatic carbocycles. The maximum absolute atomic E-state index is 5.27. The fourth-order valence-corrected chi connectivity index (χ4v) is 1.73. The minimum Gasteiger partial charge on any atom is -0.469 e. The molecule has 102 valence electrons. The van der Waals surface area contributed by atoms with Gasteiger partial charge in [0.1, 0.15) is 5.76 Å². The van der Waals surface area contributed by atoms with Crippen LogP contribution >= 0.6 is 0 Å². The quantitative estimate of drug-likeness (QED) is 0.620. The second-order valence-corrected chi connectivity index (χ2v) is 4.13. The van der Waals surface area contributed by atoms with Crippen LogP contribution in [0.25, 0.3) is 0 Å². The lowest BCUT2D eigenvalue weighted by Gasteiger charge is -2.11. The lowest BCUT2D eigenvalue weighted by atomic mass is 10.3. The average molecular weight is 261 g/mol. The number of hydrogen-bond donors (Lipinski definition) is 2. The Morgan fingerprint density at radius 2 is 2.32 bits per heavy atom. The molecule has 0 aliphatic heterocycles. The van der Waals surface area contributed by atoms with Crippen molar-refractivity contribution in [3.8, 4) is 0 Å². The predicted molar refractivity (Wildman–Crippen MR) is 73.8 cm³/mol. The fourth-order valence-electron chi connectivity index (χ4n) is 1.73. The van der Waals surface area contributed by atoms with Crippen LogP contribution in [0.1, 0.15) is 11.5 Å². The van der Waals surface area contributed by atoms with Crippen LogP contribution in [-0.4, -0.2) is 29.3 Å². The van der Waals surface area contributed by atoms with Crippen molar-refractivity contribution in [3.05, 3.63) is 42.1 Å². The molecule has 0 aliphatic rings. The highest BCUT2D eigenvalue weighted by Gasteiger charge is 2.01. The SMILES string of the molecule is CN=C(NCCc1ccco1)NCc1ccnn1C. The molecule has 2 aromatic heterocycles. The van der Waals surface area contributed by atoms with Gasteiger partial charge < -0.3 is 15.1 Å². The molecule has 0 spiro atoms. The Hall–Kier alpha value is -2.24. The number of aliphatic imine (C=N–C) groups is 1. The van der Waals surface area contributed by atoms with E-state index >= 15 is 0 Å². The smallest absolute Gasteiger partial charge is 0.191 e. The van der Waals surface area contributed by atoms with Gasteiger partial charge in [-0.25, -0.2) is 0 Å². The molecule has 2 N–H and O–H groups in total. The van der Waals surface area contributed by atoms with Crippen molar-refractivity contribution in [2.45, 2.75) is 13.0 Å². The van der Waals surface area contributed by atoms with E-state index in [9.17, 15) is 0 Å². The van der Waals surface area contributed by atoms with Crippen molar-refractivity contribution in [3.63, 3.8) is 0 Å². The van der Waals surface area contributed by atoms with Gasteiger partial charge in [0.05, 0.1) is 18.5 Å². The maximum atomic E-state index is 5.27. The highest BCUT2D eigenvalue weighted by molar-refractivity contribution is 5.79. The van der Waals surface area contributed by atoms with Gasteiger partial charge in [-0.15, -0.1) is 0 Å². The number of nitrogens with one attached hydrogen (secondary N) is 2. The summed E-state index contributed by atoms with van der Waals surface area (Å²) in [4.78, 5) is 4.17. The second kappa shape index (κ2) is 6.63. The summed E-state index contributed by atoms with van der Waals surface area (Å²) >= 11 is 0. The van der Waals surface area contributed by atoms with E-state index in [1.54, 1.807) is 19.5 Å². The van der Waals surface area contributed by atoms with E-state index in [0.717, 1.165) is 30.4 Å². The Kier molecular flexibility index (Phi) is 4.60. The summed E-state index contributed by atoms with van der Waals surface area (Å²) in [5.41, 5.74) is 1.11. The first-order valence-corrected chi connectivity index (χ1v) is 6.23. The van der Waals surface area contributed by atoms with Crippen LogP contribution in [0.15, 0.2) is 40.1 Å². The largest absolute Gasteiger partial charge is 0.469 e. The molecule has 0 amide bonds. The molecule has 0 radical (unpaired) electrons. The molecule has 0 aromatic carbocycles. The van der Waals surface area contributed by atoms with Crippen molar-refractivity contribution in [1.29, 1.82) is 0 Å². The molecule has 0 saturated heterocycles. The van der Waals surface area contributed by atoms with E-state index in [4.69, 9.17) is 4.42 Å². The molecule has 0 unspecified atom stereocenters. The van der Waals surface area contributed by atoms with Gasteiger partial charge in [-0.3, -0.25) is 9.67 Å². The molecule has 0 bridgehead atoms. The number of nitrogens with zero attached hydrogens (tertiary/aromatic N) is 3. The topological polar surface area (TPSA) is 67.4 Å². The first-order chi connectivity index (χ1) is 9.29. The van der Waals surface area contributed by atoms with Crippen LogP contribution in [0.4, 0.5) is 0 Å². The Labute approximate surface area is 112 Å². The standard InChI is InChI=1S/C13H19N5O/c1-14-13(15-7-6-12-4-3-9-19-12)16-10-11-5-8-17-18(11)2/h3-5,8-9H,6-7,10H2,1-2H3,(H2,14,15,16). The summed E-state index contributed by atoms with van der Waals surface area (Å²) in [6.45, 7) is 1.47. The van der Waals surface area contributed by atoms with Crippen molar-refractivity contribution in [2.75, 3.05) is 13.6 Å². The van der Waals surface area contributed by atoms with Crippen LogP contribution in [0, 0.1) is 0 Å². The van der Waals surface area contributed by atoms with E-state index in [2.05, 4.69) is 20.7 Å². The first kappa shape index (κ1) is 13.2. The highest BCUT2D eigenvalue weighted by atomic mass is 16.3. The first-order valence-electron chi connectivity index (χ1n) is 6.23. The van der Waals surface area contributed by atoms with Gasteiger partial charge in [-0.2, -0.15) is 5.10 Å². The minimum absolute atomic E-state index is 0.691. The minimum atomic E-state index is 0.691. The molecule has 6 heteroatoms. The second-order valence-electron chi connectivity index (χ2n) is 4.13. The van der Waals surface area contributed by atoms with E-state index in [0.29, 0.717) is 6.54 Å². The molecular weight excluding hydrogens is 242 g/mol. The molecular formula is C13H19N5O. The average Bonchev–Trinajstić information content (AvgIpc) is 3.05. The summed E-state index contributed by atoms with van der Waals surface area (Å²) < 4.78 is 7.11. The number of guanidine groups is 1. The zero-order valence-corrected chi connectivity index (χ0v) is 11.3. The van der Waals surface area contributed by atoms with Crippen molar-refractivity contribution in [1.82, 2.24) is 20.4 Å². The van der Waals surface area contributed by atoms with Crippen molar-refractivity contribution >= 4 is 5.96 Å². The summed E-state index contributed by atoms with van der Waals surface area (Å²) in [5, 5.41) is 10.6. The van der Waals surface area contributed by atoms with Crippen molar-refractivity contribution in [2.24, 2.45) is 12.0 Å². The van der Waals surface area contributed by atoms with E-state index in [1.165, 1.54) is 0 Å². The van der Waals surface area contributed by atoms with Crippen LogP contribution in [0.3, 0.4) is 0 Å². The van der Waals surface area contributed by atoms with Crippen LogP contribution in [-0.2, 0) is 20.0 Å². The molecule has 0 saturated carbocycles. The Bertz CT molecular complexity index is 515. The summed E-state index contributed by atoms with van der Waals surface area (Å²) in [7, 11) is 3.68. The number of aryl methyl sites for hydroxylation is 1. The molecule has 2 heterocycles. The number of hydrogen-bond acceptors (Lipinski definition) is 3. The lowest BCUT2D eigenvalue weighted by molar-refractivity contribution is 0.506. The highest BCUT2D eigenvalue weighted by Crippen LogP contribution is 1.99. The predicted octanol–water partition coefficient (Wildman–Crippen LogP) is 0.921. The van der Waals surface area contributed by atoms with Gasteiger partial charge in [-0.1, -0.05) is 0 Å². The zero-order valence-electron chi connectivity index (χ0n) is 11.3. The summed E-state index contributed by atoms with van der Waals surface area (Å²) in [5.74, 6) is 1.74. The molecule has 0 atom stereocenters. The molecule has 6 nitrogen and oxygen atoms in total. The van der Waals surface area contributed by atoms with E-state index in [1.807, 2.05) is 29.9 Å². The van der Waals surface area contributed by atoms with Gasteiger partial charge in [0.2, 0.25) is 0 Å². The van der Waals surface area contributed by atoms with Gasteiger partial charge >= 0.3 is 0 Å². The third-order valence-corrected chi connectivity index (χ3v) is 2.83. The van der Waals surface area contributed by atoms with Crippen LogP contribution in [0.2, 0.25) is 0 Å². The van der Waals surface area contributed by atoms with Crippen LogP contribution in [0.5, 0.6) is 0 Å². The maximum Gasteiger partial charge on any atom is 0.191 e. The fraction of sp³-hybridized carbons (Fsp3) is 0.385. The van der Waals surface area contributed by atoms with Gasteiger partial charge in [0.25, 0.3) is 0 Å². The van der Waals surface area contributed by atoms with Gasteiger partial charge in [0, 0.05) is 33.3 Å². The monoisotopic (exact) mass is 261 g/mol. The zero-order chi connectivity index (χ0) is 13.5. The third kappa shape index (κ3) is 3.87. The van der Waals surface area contributed by atoms with Crippen LogP contribution < -0.4 is 10.6 Å². The summed E-state index contributed by atoms with van der Waals surface area (Å²) in [6.07, 6.45) is 4.30. The normalized spacial score (nSPS) is 11.6. The van der Waals surface area contributed by atoms with Gasteiger partial charge in [-0.05, 0) is 18.2 Å². The number of rotatable bonds is 5. The molecule has 2 rings (SSSR count). The van der Waals surface area contributed by atoms with E-state index in [-0.39, 0.29) is 0 Å².